The van der Waals surface area contributed by atoms with Gasteiger partial charge < -0.3 is 24.9 Å². The first kappa shape index (κ1) is 38.0. The number of rotatable bonds is 11. The molecule has 0 radical (unpaired) electrons. The molecule has 1 aromatic carbocycles. The molecule has 0 saturated carbocycles. The molecule has 1 aromatic rings. The largest absolute Gasteiger partial charge is 0.573 e. The molecule has 1 saturated heterocycles. The Morgan fingerprint density at radius 3 is 2.02 bits per heavy atom. The van der Waals surface area contributed by atoms with E-state index in [-0.39, 0.29) is 5.75 Å². The van der Waals surface area contributed by atoms with Crippen molar-refractivity contribution < 1.29 is 27.8 Å². The van der Waals surface area contributed by atoms with Gasteiger partial charge in [0.1, 0.15) is 12.5 Å². The number of benzene rings is 1. The summed E-state index contributed by atoms with van der Waals surface area (Å²) in [6.07, 6.45) is 5.32. The van der Waals surface area contributed by atoms with E-state index in [1.165, 1.54) is 24.1 Å². The average molecular weight is 581 g/mol. The second-order valence-corrected chi connectivity index (χ2v) is 10.6. The lowest BCUT2D eigenvalue weighted by atomic mass is 9.89. The number of halogens is 3. The lowest BCUT2D eigenvalue weighted by Gasteiger charge is -2.47. The van der Waals surface area contributed by atoms with E-state index in [9.17, 15) is 18.3 Å². The van der Waals surface area contributed by atoms with Crippen LogP contribution in [0.25, 0.3) is 0 Å². The van der Waals surface area contributed by atoms with Crippen LogP contribution in [0.4, 0.5) is 18.9 Å². The third kappa shape index (κ3) is 13.5. The molecule has 0 bridgehead atoms. The molecule has 8 heteroatoms. The first-order chi connectivity index (χ1) is 19.2. The molecule has 41 heavy (non-hydrogen) atoms. The van der Waals surface area contributed by atoms with E-state index in [0.29, 0.717) is 18.8 Å². The van der Waals surface area contributed by atoms with Crippen molar-refractivity contribution in [1.82, 2.24) is 4.90 Å². The quantitative estimate of drug-likeness (QED) is 0.256. The molecule has 1 fully saturated rings. The summed E-state index contributed by atoms with van der Waals surface area (Å²) >= 11 is 0. The van der Waals surface area contributed by atoms with Crippen molar-refractivity contribution in [3.05, 3.63) is 70.6 Å². The predicted molar refractivity (Wildman–Crippen MR) is 165 cm³/mol. The lowest BCUT2D eigenvalue weighted by molar-refractivity contribution is -0.274. The van der Waals surface area contributed by atoms with Crippen LogP contribution in [0.15, 0.2) is 70.6 Å². The molecule has 1 heterocycles. The first-order valence-corrected chi connectivity index (χ1v) is 14.4. The van der Waals surface area contributed by atoms with Gasteiger partial charge in [-0.25, -0.2) is 0 Å². The van der Waals surface area contributed by atoms with Crippen LogP contribution in [0.1, 0.15) is 88.0 Å². The smallest absolute Gasteiger partial charge is 0.406 e. The zero-order chi connectivity index (χ0) is 31.8. The van der Waals surface area contributed by atoms with Gasteiger partial charge in [-0.1, -0.05) is 60.1 Å². The fourth-order valence-electron chi connectivity index (χ4n) is 4.02. The lowest BCUT2D eigenvalue weighted by Crippen LogP contribution is -2.59. The average Bonchev–Trinajstić information content (AvgIpc) is 2.91. The summed E-state index contributed by atoms with van der Waals surface area (Å²) < 4.78 is 41.7. The molecule has 0 aromatic heterocycles. The zero-order valence-electron chi connectivity index (χ0n) is 26.4. The Balaban J connectivity index is 0.00000205. The summed E-state index contributed by atoms with van der Waals surface area (Å²) in [4.78, 5) is 10.2. The fraction of sp³-hybridized carbons (Fsp3) is 0.545. The van der Waals surface area contributed by atoms with E-state index in [1.807, 2.05) is 26.7 Å². The van der Waals surface area contributed by atoms with Crippen molar-refractivity contribution in [2.75, 3.05) is 18.4 Å². The molecule has 2 N–H and O–H groups in total. The fourth-order valence-corrected chi connectivity index (χ4v) is 4.02. The summed E-state index contributed by atoms with van der Waals surface area (Å²) in [5.74, 6) is 0.624. The van der Waals surface area contributed by atoms with Crippen LogP contribution in [0, 0.1) is 5.92 Å². The van der Waals surface area contributed by atoms with Crippen molar-refractivity contribution in [2.24, 2.45) is 5.92 Å². The minimum absolute atomic E-state index is 0.260. The minimum atomic E-state index is -4.73. The number of β-amino-alcohol motifs (C(OH)–C–C–N with tert-alkyl or cyclic N) is 1. The molecule has 0 amide bonds. The number of likely N-dealkylation sites (tertiary alicyclic amines) is 1. The minimum Gasteiger partial charge on any atom is -0.406 e. The van der Waals surface area contributed by atoms with E-state index < -0.39 is 12.0 Å². The van der Waals surface area contributed by atoms with Crippen molar-refractivity contribution in [3.8, 4) is 5.75 Å². The maximum atomic E-state index is 12.6. The van der Waals surface area contributed by atoms with Gasteiger partial charge >= 0.3 is 6.36 Å². The highest BCUT2D eigenvalue weighted by molar-refractivity contribution is 5.63. The first-order valence-electron chi connectivity index (χ1n) is 14.4. The molecule has 2 rings (SSSR count). The Kier molecular flexibility index (Phi) is 17.1. The Hall–Kier alpha value is -3.00. The summed E-state index contributed by atoms with van der Waals surface area (Å²) in [6, 6.07) is 5.78. The molecule has 1 aliphatic heterocycles. The molecular weight excluding hydrogens is 529 g/mol. The highest BCUT2D eigenvalue weighted by Gasteiger charge is 2.38. The molecular formula is C33H51F3N2O3. The Labute approximate surface area is 245 Å². The van der Waals surface area contributed by atoms with Crippen LogP contribution in [-0.4, -0.2) is 41.8 Å². The number of ether oxygens (including phenoxy) is 1. The Morgan fingerprint density at radius 2 is 1.66 bits per heavy atom. The topological polar surface area (TPSA) is 61.8 Å². The van der Waals surface area contributed by atoms with Gasteiger partial charge in [-0.15, -0.1) is 13.2 Å². The summed E-state index contributed by atoms with van der Waals surface area (Å²) in [6.45, 7) is 21.8. The third-order valence-corrected chi connectivity index (χ3v) is 6.52. The maximum Gasteiger partial charge on any atom is 0.573 e. The van der Waals surface area contributed by atoms with Crippen LogP contribution in [0.5, 0.6) is 5.75 Å². The third-order valence-electron chi connectivity index (χ3n) is 6.52. The molecule has 5 nitrogen and oxygen atoms in total. The standard InChI is InChI=1S/C27H37F3N2O2.C5H12.CH2O/c1-7-11-20(10-4)24(23(12-8-2)32-17-26(6,33)18-32)25(19(5)9-3)31-21-13-15-22(16-14-21)34-27(28,29)30;1-4-5(2)3;1-2/h8,11-16,31,33H,7,9-10,17-18H2,1-6H3;5H,4H2,1-3H3;1H2/b12-8-,20-11+,24-23+,25-19?;;. The number of carbonyl (C=O) groups excluding carboxylic acids is 1. The summed E-state index contributed by atoms with van der Waals surface area (Å²) in [7, 11) is 0. The van der Waals surface area contributed by atoms with E-state index in [2.05, 4.69) is 75.6 Å². The van der Waals surface area contributed by atoms with Crippen LogP contribution in [0.2, 0.25) is 0 Å². The molecule has 0 unspecified atom stereocenters. The van der Waals surface area contributed by atoms with Crippen molar-refractivity contribution in [2.45, 2.75) is 100.0 Å². The number of hydrogen-bond donors (Lipinski definition) is 2. The van der Waals surface area contributed by atoms with E-state index in [0.717, 1.165) is 47.7 Å². The number of aliphatic hydroxyl groups is 1. The number of allylic oxidation sites excluding steroid dienone is 5. The van der Waals surface area contributed by atoms with Crippen molar-refractivity contribution in [1.29, 1.82) is 0 Å². The SMILES string of the molecule is C=O.CCC(C)C.C\C=C/C(=C(C(Nc1ccc(OC(F)(F)F)cc1)=C(C)CC)/C(=C/CC)CC)N1CC(C)(O)C1. The second kappa shape index (κ2) is 18.4. The van der Waals surface area contributed by atoms with Crippen LogP contribution in [-0.2, 0) is 4.79 Å². The number of alkyl halides is 3. The van der Waals surface area contributed by atoms with Crippen molar-refractivity contribution in [3.63, 3.8) is 0 Å². The van der Waals surface area contributed by atoms with E-state index in [1.54, 1.807) is 12.1 Å². The molecule has 0 aliphatic carbocycles. The highest BCUT2D eigenvalue weighted by atomic mass is 19.4. The van der Waals surface area contributed by atoms with Crippen LogP contribution in [0.3, 0.4) is 0 Å². The number of anilines is 1. The second-order valence-electron chi connectivity index (χ2n) is 10.6. The van der Waals surface area contributed by atoms with Gasteiger partial charge in [0.2, 0.25) is 0 Å². The van der Waals surface area contributed by atoms with E-state index in [4.69, 9.17) is 4.79 Å². The van der Waals surface area contributed by atoms with Crippen molar-refractivity contribution >= 4 is 12.5 Å². The van der Waals surface area contributed by atoms with Gasteiger partial charge in [0.15, 0.2) is 0 Å². The van der Waals surface area contributed by atoms with Crippen LogP contribution < -0.4 is 10.1 Å². The number of nitrogens with one attached hydrogen (secondary N) is 1. The molecule has 0 spiro atoms. The number of nitrogens with zero attached hydrogens (tertiary/aromatic N) is 1. The monoisotopic (exact) mass is 580 g/mol. The molecule has 1 aliphatic rings. The number of hydrogen-bond acceptors (Lipinski definition) is 5. The zero-order valence-corrected chi connectivity index (χ0v) is 26.4. The number of carbonyl (C=O) groups is 1. The summed E-state index contributed by atoms with van der Waals surface area (Å²) in [5, 5.41) is 13.9. The van der Waals surface area contributed by atoms with Gasteiger partial charge in [0.25, 0.3) is 0 Å². The van der Waals surface area contributed by atoms with E-state index >= 15 is 0 Å². The Bertz CT molecular complexity index is 1030. The normalized spacial score (nSPS) is 16.0. The van der Waals surface area contributed by atoms with Gasteiger partial charge in [0, 0.05) is 35.7 Å². The van der Waals surface area contributed by atoms with Gasteiger partial charge in [-0.3, -0.25) is 0 Å². The molecule has 0 atom stereocenters. The summed E-state index contributed by atoms with van der Waals surface area (Å²) in [5.41, 5.74) is 5.22. The molecule has 232 valence electrons. The Morgan fingerprint density at radius 1 is 1.12 bits per heavy atom. The predicted octanol–water partition coefficient (Wildman–Crippen LogP) is 9.19. The van der Waals surface area contributed by atoms with Gasteiger partial charge in [-0.2, -0.15) is 0 Å². The van der Waals surface area contributed by atoms with Crippen LogP contribution >= 0.6 is 0 Å². The van der Waals surface area contributed by atoms with Gasteiger partial charge in [0.05, 0.1) is 5.60 Å². The highest BCUT2D eigenvalue weighted by Crippen LogP contribution is 2.36. The van der Waals surface area contributed by atoms with Gasteiger partial charge in [-0.05, 0) is 87.4 Å². The maximum absolute atomic E-state index is 12.6.